The van der Waals surface area contributed by atoms with Crippen molar-refractivity contribution in [3.05, 3.63) is 121 Å². The van der Waals surface area contributed by atoms with E-state index in [0.29, 0.717) is 0 Å². The average molecular weight is 575 g/mol. The van der Waals surface area contributed by atoms with Gasteiger partial charge in [-0.1, -0.05) is 121 Å². The third kappa shape index (κ3) is 30.0. The lowest BCUT2D eigenvalue weighted by atomic mass is 10.1. The fraction of sp³-hybridized carbons (Fsp3) is 0. The van der Waals surface area contributed by atoms with Gasteiger partial charge in [-0.05, 0) is 22.3 Å². The van der Waals surface area contributed by atoms with Crippen molar-refractivity contribution >= 4 is 24.6 Å². The molecule has 10 N–H and O–H groups in total. The van der Waals surface area contributed by atoms with Crippen LogP contribution < -0.4 is 0 Å². The summed E-state index contributed by atoms with van der Waals surface area (Å²) in [5.41, 5.74) is 5.10. The predicted molar refractivity (Wildman–Crippen MR) is 150 cm³/mol. The van der Waals surface area contributed by atoms with Gasteiger partial charge in [-0.25, -0.2) is 19.2 Å². The van der Waals surface area contributed by atoms with E-state index in [2.05, 4.69) is 97.1 Å². The predicted octanol–water partition coefficient (Wildman–Crippen LogP) is 6.77. The molecule has 4 aromatic rings. The summed E-state index contributed by atoms with van der Waals surface area (Å²) in [4.78, 5) is 34.2. The topological polar surface area (TPSA) is 262 Å². The first-order valence-electron chi connectivity index (χ1n) is 10.7. The standard InChI is InChI=1S/2C12H10.4CH2O3.H2O/c2*1-3-7-11(8-4-1)12-9-5-2-6-10-12;4*2-1(3)4;/h2*1-10H;4*(H2,2,3,4);1H2. The first-order chi connectivity index (χ1) is 18.9. The highest BCUT2D eigenvalue weighted by Gasteiger charge is 1.92. The van der Waals surface area contributed by atoms with E-state index in [9.17, 15) is 0 Å². The quantitative estimate of drug-likeness (QED) is 0.123. The molecule has 0 aliphatic rings. The van der Waals surface area contributed by atoms with Gasteiger partial charge in [0.2, 0.25) is 0 Å². The molecule has 41 heavy (non-hydrogen) atoms. The Kier molecular flexibility index (Phi) is 24.6. The third-order valence-corrected chi connectivity index (χ3v) is 3.76. The third-order valence-electron chi connectivity index (χ3n) is 3.76. The maximum Gasteiger partial charge on any atom is 0.503 e. The second-order valence-electron chi connectivity index (χ2n) is 6.59. The number of carboxylic acid groups (broad SMARTS) is 8. The summed E-state index contributed by atoms with van der Waals surface area (Å²) in [6, 6.07) is 41.6. The van der Waals surface area contributed by atoms with Crippen LogP contribution in [-0.4, -0.2) is 70.9 Å². The molecule has 0 aliphatic carbocycles. The van der Waals surface area contributed by atoms with Crippen LogP contribution in [0.25, 0.3) is 22.3 Å². The summed E-state index contributed by atoms with van der Waals surface area (Å²) in [7, 11) is 0. The molecule has 0 saturated heterocycles. The zero-order chi connectivity index (χ0) is 30.8. The fourth-order valence-electron chi connectivity index (χ4n) is 2.52. The van der Waals surface area contributed by atoms with Crippen molar-refractivity contribution in [1.29, 1.82) is 0 Å². The van der Waals surface area contributed by atoms with Gasteiger partial charge in [0.05, 0.1) is 0 Å². The molecular formula is C28H30O13. The Hall–Kier alpha value is -6.08. The lowest BCUT2D eigenvalue weighted by molar-refractivity contribution is 0.135. The molecule has 0 heterocycles. The van der Waals surface area contributed by atoms with Crippen LogP contribution in [0.3, 0.4) is 0 Å². The monoisotopic (exact) mass is 574 g/mol. The normalized spacial score (nSPS) is 8.00. The van der Waals surface area contributed by atoms with Gasteiger partial charge in [-0.3, -0.25) is 0 Å². The molecule has 0 radical (unpaired) electrons. The first kappa shape index (κ1) is 39.4. The Bertz CT molecular complexity index is 1010. The number of hydrogen-bond acceptors (Lipinski definition) is 4. The van der Waals surface area contributed by atoms with Crippen molar-refractivity contribution in [2.45, 2.75) is 0 Å². The highest BCUT2D eigenvalue weighted by molar-refractivity contribution is 5.63. The van der Waals surface area contributed by atoms with Gasteiger partial charge in [0.25, 0.3) is 0 Å². The molecule has 13 nitrogen and oxygen atoms in total. The minimum absolute atomic E-state index is 0. The minimum atomic E-state index is -1.83. The summed E-state index contributed by atoms with van der Waals surface area (Å²) in [6.07, 6.45) is -7.33. The van der Waals surface area contributed by atoms with E-state index >= 15 is 0 Å². The zero-order valence-electron chi connectivity index (χ0n) is 21.3. The van der Waals surface area contributed by atoms with E-state index in [0.717, 1.165) is 0 Å². The lowest BCUT2D eigenvalue weighted by Crippen LogP contribution is -1.81. The SMILES string of the molecule is O.O=C(O)O.O=C(O)O.O=C(O)O.O=C(O)O.c1ccc(-c2ccccc2)cc1.c1ccc(-c2ccccc2)cc1. The van der Waals surface area contributed by atoms with Crippen molar-refractivity contribution in [3.63, 3.8) is 0 Å². The second kappa shape index (κ2) is 25.6. The molecule has 13 heteroatoms. The molecule has 0 fully saturated rings. The number of rotatable bonds is 2. The molecular weight excluding hydrogens is 544 g/mol. The van der Waals surface area contributed by atoms with Gasteiger partial charge in [0.1, 0.15) is 0 Å². The molecule has 0 atom stereocenters. The lowest BCUT2D eigenvalue weighted by Gasteiger charge is -1.98. The molecule has 4 rings (SSSR count). The van der Waals surface area contributed by atoms with Crippen molar-refractivity contribution in [3.8, 4) is 22.3 Å². The van der Waals surface area contributed by atoms with Crippen molar-refractivity contribution in [2.24, 2.45) is 0 Å². The van der Waals surface area contributed by atoms with E-state index < -0.39 is 24.6 Å². The molecule has 0 saturated carbocycles. The maximum atomic E-state index is 8.56. The van der Waals surface area contributed by atoms with Gasteiger partial charge in [0.15, 0.2) is 0 Å². The van der Waals surface area contributed by atoms with Gasteiger partial charge >= 0.3 is 24.6 Å². The molecule has 0 spiro atoms. The molecule has 4 aromatic carbocycles. The van der Waals surface area contributed by atoms with Crippen LogP contribution >= 0.6 is 0 Å². The van der Waals surface area contributed by atoms with E-state index in [4.69, 9.17) is 60.0 Å². The number of carbonyl (C=O) groups is 4. The molecule has 0 bridgehead atoms. The van der Waals surface area contributed by atoms with Gasteiger partial charge in [0, 0.05) is 0 Å². The number of benzene rings is 4. The highest BCUT2D eigenvalue weighted by Crippen LogP contribution is 2.18. The van der Waals surface area contributed by atoms with E-state index in [1.807, 2.05) is 24.3 Å². The van der Waals surface area contributed by atoms with Crippen molar-refractivity contribution < 1.29 is 65.5 Å². The summed E-state index contributed by atoms with van der Waals surface area (Å²) < 4.78 is 0. The molecule has 0 aromatic heterocycles. The summed E-state index contributed by atoms with van der Waals surface area (Å²) in [5.74, 6) is 0. The van der Waals surface area contributed by atoms with Gasteiger partial charge < -0.3 is 46.3 Å². The highest BCUT2D eigenvalue weighted by atomic mass is 16.6. The molecule has 0 unspecified atom stereocenters. The second-order valence-corrected chi connectivity index (χ2v) is 6.59. The smallest absolute Gasteiger partial charge is 0.450 e. The Morgan fingerprint density at radius 3 is 0.488 bits per heavy atom. The first-order valence-corrected chi connectivity index (χ1v) is 10.7. The van der Waals surface area contributed by atoms with Crippen LogP contribution in [0, 0.1) is 0 Å². The van der Waals surface area contributed by atoms with E-state index in [1.165, 1.54) is 22.3 Å². The van der Waals surface area contributed by atoms with Crippen LogP contribution in [0.5, 0.6) is 0 Å². The van der Waals surface area contributed by atoms with Gasteiger partial charge in [-0.2, -0.15) is 0 Å². The molecule has 220 valence electrons. The van der Waals surface area contributed by atoms with Gasteiger partial charge in [-0.15, -0.1) is 0 Å². The van der Waals surface area contributed by atoms with Crippen molar-refractivity contribution in [1.82, 2.24) is 0 Å². The van der Waals surface area contributed by atoms with E-state index in [-0.39, 0.29) is 5.48 Å². The molecule has 0 aliphatic heterocycles. The summed E-state index contributed by atoms with van der Waals surface area (Å²) in [5, 5.41) is 55.8. The average Bonchev–Trinajstić information content (AvgIpc) is 2.90. The fourth-order valence-corrected chi connectivity index (χ4v) is 2.52. The minimum Gasteiger partial charge on any atom is -0.450 e. The van der Waals surface area contributed by atoms with Crippen LogP contribution in [0.4, 0.5) is 19.2 Å². The largest absolute Gasteiger partial charge is 0.503 e. The number of hydrogen-bond donors (Lipinski definition) is 8. The van der Waals surface area contributed by atoms with Crippen molar-refractivity contribution in [2.75, 3.05) is 0 Å². The van der Waals surface area contributed by atoms with Crippen LogP contribution in [0.2, 0.25) is 0 Å². The Balaban J connectivity index is -0.000000464. The van der Waals surface area contributed by atoms with E-state index in [1.54, 1.807) is 0 Å². The summed E-state index contributed by atoms with van der Waals surface area (Å²) in [6.45, 7) is 0. The Morgan fingerprint density at radius 2 is 0.390 bits per heavy atom. The molecule has 0 amide bonds. The van der Waals surface area contributed by atoms with Crippen LogP contribution in [0.15, 0.2) is 121 Å². The Labute approximate surface area is 234 Å². The van der Waals surface area contributed by atoms with Crippen LogP contribution in [0.1, 0.15) is 0 Å². The summed E-state index contributed by atoms with van der Waals surface area (Å²) >= 11 is 0. The maximum absolute atomic E-state index is 8.56. The zero-order valence-corrected chi connectivity index (χ0v) is 21.3. The Morgan fingerprint density at radius 1 is 0.293 bits per heavy atom. The van der Waals surface area contributed by atoms with Crippen LogP contribution in [-0.2, 0) is 0 Å².